The number of aromatic nitrogens is 1. The lowest BCUT2D eigenvalue weighted by Crippen LogP contribution is -2.18. The number of benzene rings is 1. The molecule has 1 aromatic heterocycles. The van der Waals surface area contributed by atoms with Crippen LogP contribution in [-0.2, 0) is 6.42 Å². The summed E-state index contributed by atoms with van der Waals surface area (Å²) in [6, 6.07) is 10.3. The summed E-state index contributed by atoms with van der Waals surface area (Å²) in [6.45, 7) is 0.241. The zero-order chi connectivity index (χ0) is 13.5. The van der Waals surface area contributed by atoms with Crippen molar-refractivity contribution in [1.29, 1.82) is 0 Å². The van der Waals surface area contributed by atoms with Gasteiger partial charge in [0.25, 0.3) is 0 Å². The molecule has 1 aromatic carbocycles. The van der Waals surface area contributed by atoms with Crippen molar-refractivity contribution in [2.24, 2.45) is 0 Å². The van der Waals surface area contributed by atoms with Gasteiger partial charge in [-0.1, -0.05) is 6.07 Å². The Labute approximate surface area is 112 Å². The predicted molar refractivity (Wildman–Crippen MR) is 72.2 cm³/mol. The van der Waals surface area contributed by atoms with Gasteiger partial charge in [0.05, 0.1) is 6.10 Å². The first kappa shape index (κ1) is 13.4. The molecule has 4 heteroatoms. The van der Waals surface area contributed by atoms with Crippen LogP contribution in [0.15, 0.2) is 48.8 Å². The van der Waals surface area contributed by atoms with Gasteiger partial charge in [0.2, 0.25) is 0 Å². The highest BCUT2D eigenvalue weighted by molar-refractivity contribution is 5.30. The molecular formula is C15H17NO3. The van der Waals surface area contributed by atoms with Crippen molar-refractivity contribution >= 4 is 0 Å². The quantitative estimate of drug-likeness (QED) is 0.834. The first-order chi connectivity index (χ1) is 9.24. The second-order valence-corrected chi connectivity index (χ2v) is 4.36. The number of ether oxygens (including phenoxy) is 1. The van der Waals surface area contributed by atoms with Crippen molar-refractivity contribution < 1.29 is 14.9 Å². The number of aliphatic hydroxyl groups is 1. The Kier molecular flexibility index (Phi) is 4.75. The molecule has 0 aliphatic carbocycles. The minimum absolute atomic E-state index is 0.199. The van der Waals surface area contributed by atoms with Gasteiger partial charge in [0.15, 0.2) is 0 Å². The van der Waals surface area contributed by atoms with E-state index in [-0.39, 0.29) is 12.4 Å². The number of hydrogen-bond acceptors (Lipinski definition) is 4. The van der Waals surface area contributed by atoms with Gasteiger partial charge in [-0.15, -0.1) is 0 Å². The van der Waals surface area contributed by atoms with Gasteiger partial charge in [-0.25, -0.2) is 0 Å². The third-order valence-electron chi connectivity index (χ3n) is 2.77. The first-order valence-electron chi connectivity index (χ1n) is 6.23. The summed E-state index contributed by atoms with van der Waals surface area (Å²) in [5.41, 5.74) is 1.10. The molecule has 2 N–H and O–H groups in total. The number of pyridine rings is 1. The number of nitrogens with zero attached hydrogens (tertiary/aromatic N) is 1. The minimum atomic E-state index is -0.519. The summed E-state index contributed by atoms with van der Waals surface area (Å²) in [7, 11) is 0. The lowest BCUT2D eigenvalue weighted by atomic mass is 10.1. The zero-order valence-electron chi connectivity index (χ0n) is 10.6. The Morgan fingerprint density at radius 3 is 2.63 bits per heavy atom. The number of aliphatic hydroxyl groups excluding tert-OH is 1. The number of phenolic OH excluding ortho intramolecular Hbond substituents is 1. The van der Waals surface area contributed by atoms with Crippen LogP contribution in [0, 0.1) is 0 Å². The van der Waals surface area contributed by atoms with E-state index in [2.05, 4.69) is 4.98 Å². The van der Waals surface area contributed by atoms with Crippen molar-refractivity contribution in [3.63, 3.8) is 0 Å². The van der Waals surface area contributed by atoms with E-state index in [4.69, 9.17) is 9.84 Å². The molecule has 19 heavy (non-hydrogen) atoms. The molecule has 1 heterocycles. The SMILES string of the molecule is Oc1ccc(OCC(O)CCc2cccnc2)cc1. The van der Waals surface area contributed by atoms with Crippen LogP contribution in [0.25, 0.3) is 0 Å². The van der Waals surface area contributed by atoms with Crippen molar-refractivity contribution in [2.75, 3.05) is 6.61 Å². The molecule has 1 unspecified atom stereocenters. The first-order valence-corrected chi connectivity index (χ1v) is 6.23. The van der Waals surface area contributed by atoms with Gasteiger partial charge >= 0.3 is 0 Å². The van der Waals surface area contributed by atoms with Crippen LogP contribution in [0.4, 0.5) is 0 Å². The second kappa shape index (κ2) is 6.75. The Bertz CT molecular complexity index is 485. The number of aryl methyl sites for hydroxylation is 1. The summed E-state index contributed by atoms with van der Waals surface area (Å²) in [4.78, 5) is 4.03. The molecule has 0 radical (unpaired) electrons. The van der Waals surface area contributed by atoms with Gasteiger partial charge < -0.3 is 14.9 Å². The molecule has 0 saturated carbocycles. The number of aromatic hydroxyl groups is 1. The average molecular weight is 259 g/mol. The molecular weight excluding hydrogens is 242 g/mol. The van der Waals surface area contributed by atoms with Crippen molar-refractivity contribution in [2.45, 2.75) is 18.9 Å². The van der Waals surface area contributed by atoms with Crippen LogP contribution in [0.1, 0.15) is 12.0 Å². The van der Waals surface area contributed by atoms with Crippen molar-refractivity contribution in [1.82, 2.24) is 4.98 Å². The fraction of sp³-hybridized carbons (Fsp3) is 0.267. The van der Waals surface area contributed by atoms with E-state index in [0.29, 0.717) is 12.2 Å². The average Bonchev–Trinajstić information content (AvgIpc) is 2.45. The zero-order valence-corrected chi connectivity index (χ0v) is 10.6. The molecule has 2 aromatic rings. The van der Waals surface area contributed by atoms with Crippen LogP contribution < -0.4 is 4.74 Å². The third kappa shape index (κ3) is 4.60. The maximum absolute atomic E-state index is 9.83. The summed E-state index contributed by atoms with van der Waals surface area (Å²) in [5, 5.41) is 19.0. The number of rotatable bonds is 6. The van der Waals surface area contributed by atoms with Crippen LogP contribution in [0.5, 0.6) is 11.5 Å². The minimum Gasteiger partial charge on any atom is -0.508 e. The fourth-order valence-electron chi connectivity index (χ4n) is 1.70. The standard InChI is InChI=1S/C15H17NO3/c17-13-5-7-15(8-6-13)19-11-14(18)4-3-12-2-1-9-16-10-12/h1-2,5-10,14,17-18H,3-4,11H2. The molecule has 100 valence electrons. The highest BCUT2D eigenvalue weighted by Gasteiger charge is 2.06. The molecule has 4 nitrogen and oxygen atoms in total. The van der Waals surface area contributed by atoms with Crippen LogP contribution in [0.3, 0.4) is 0 Å². The maximum Gasteiger partial charge on any atom is 0.119 e. The topological polar surface area (TPSA) is 62.6 Å². The molecule has 0 aliphatic heterocycles. The van der Waals surface area contributed by atoms with E-state index in [1.165, 1.54) is 0 Å². The summed E-state index contributed by atoms with van der Waals surface area (Å²) < 4.78 is 5.43. The van der Waals surface area contributed by atoms with Gasteiger partial charge in [-0.05, 0) is 48.7 Å². The van der Waals surface area contributed by atoms with E-state index in [1.54, 1.807) is 36.7 Å². The normalized spacial score (nSPS) is 12.1. The summed E-state index contributed by atoms with van der Waals surface area (Å²) in [5.74, 6) is 0.836. The number of hydrogen-bond donors (Lipinski definition) is 2. The molecule has 0 bridgehead atoms. The van der Waals surface area contributed by atoms with Crippen molar-refractivity contribution in [3.8, 4) is 11.5 Å². The van der Waals surface area contributed by atoms with E-state index in [9.17, 15) is 5.11 Å². The Morgan fingerprint density at radius 2 is 1.95 bits per heavy atom. The Hall–Kier alpha value is -2.07. The molecule has 0 aliphatic rings. The highest BCUT2D eigenvalue weighted by Crippen LogP contribution is 2.16. The van der Waals surface area contributed by atoms with E-state index >= 15 is 0 Å². The van der Waals surface area contributed by atoms with Crippen LogP contribution in [0.2, 0.25) is 0 Å². The third-order valence-corrected chi connectivity index (χ3v) is 2.77. The maximum atomic E-state index is 9.83. The molecule has 0 amide bonds. The van der Waals surface area contributed by atoms with Crippen LogP contribution in [-0.4, -0.2) is 27.9 Å². The molecule has 2 rings (SSSR count). The Balaban J connectivity index is 1.72. The Morgan fingerprint density at radius 1 is 1.16 bits per heavy atom. The molecule has 0 fully saturated rings. The lowest BCUT2D eigenvalue weighted by Gasteiger charge is -2.12. The van der Waals surface area contributed by atoms with Gasteiger partial charge in [-0.2, -0.15) is 0 Å². The fourth-order valence-corrected chi connectivity index (χ4v) is 1.70. The highest BCUT2D eigenvalue weighted by atomic mass is 16.5. The molecule has 0 spiro atoms. The van der Waals surface area contributed by atoms with Crippen LogP contribution >= 0.6 is 0 Å². The van der Waals surface area contributed by atoms with Crippen molar-refractivity contribution in [3.05, 3.63) is 54.4 Å². The summed E-state index contributed by atoms with van der Waals surface area (Å²) in [6.07, 6.45) is 4.41. The predicted octanol–water partition coefficient (Wildman–Crippen LogP) is 2.16. The van der Waals surface area contributed by atoms with Gasteiger partial charge in [0, 0.05) is 12.4 Å². The second-order valence-electron chi connectivity index (χ2n) is 4.36. The monoisotopic (exact) mass is 259 g/mol. The largest absolute Gasteiger partial charge is 0.508 e. The van der Waals surface area contributed by atoms with Gasteiger partial charge in [0.1, 0.15) is 18.1 Å². The smallest absolute Gasteiger partial charge is 0.119 e. The summed E-state index contributed by atoms with van der Waals surface area (Å²) >= 11 is 0. The van der Waals surface area contributed by atoms with E-state index in [0.717, 1.165) is 12.0 Å². The number of phenols is 1. The molecule has 0 saturated heterocycles. The van der Waals surface area contributed by atoms with E-state index < -0.39 is 6.10 Å². The van der Waals surface area contributed by atoms with E-state index in [1.807, 2.05) is 12.1 Å². The van der Waals surface area contributed by atoms with Gasteiger partial charge in [-0.3, -0.25) is 4.98 Å². The lowest BCUT2D eigenvalue weighted by molar-refractivity contribution is 0.100. The molecule has 1 atom stereocenters.